The van der Waals surface area contributed by atoms with Crippen molar-refractivity contribution in [1.29, 1.82) is 0 Å². The summed E-state index contributed by atoms with van der Waals surface area (Å²) in [5, 5.41) is 2.56. The molecule has 0 aromatic heterocycles. The van der Waals surface area contributed by atoms with Crippen LogP contribution < -0.4 is 10.6 Å². The van der Waals surface area contributed by atoms with Gasteiger partial charge >= 0.3 is 0 Å². The maximum atomic E-state index is 10.9. The quantitative estimate of drug-likeness (QED) is 0.399. The average Bonchev–Trinajstić information content (AvgIpc) is 2.44. The van der Waals surface area contributed by atoms with Gasteiger partial charge in [0.25, 0.3) is 7.59 Å². The van der Waals surface area contributed by atoms with Gasteiger partial charge in [0.05, 0.1) is 0 Å². The molecule has 0 bridgehead atoms. The number of hydrogen-bond donors (Lipinski definition) is 2. The molecule has 1 aliphatic rings. The topological polar surface area (TPSA) is 58.1 Å². The van der Waals surface area contributed by atoms with Gasteiger partial charge in [-0.2, -0.15) is 0 Å². The third-order valence-electron chi connectivity index (χ3n) is 1.16. The summed E-state index contributed by atoms with van der Waals surface area (Å²) in [7, 11) is -0.941. The second-order valence-corrected chi connectivity index (χ2v) is 4.06. The van der Waals surface area contributed by atoms with E-state index in [9.17, 15) is 4.57 Å². The van der Waals surface area contributed by atoms with Gasteiger partial charge in [0.15, 0.2) is 0 Å². The molecule has 1 saturated heterocycles. The van der Waals surface area contributed by atoms with Gasteiger partial charge in [0, 0.05) is 13.1 Å². The fraction of sp³-hybridized carbons (Fsp3) is 1.00. The fourth-order valence-electron chi connectivity index (χ4n) is 0.483. The van der Waals surface area contributed by atoms with E-state index in [1.807, 2.05) is 0 Å². The number of nitrogens with two attached hydrogens (primary N) is 1. The van der Waals surface area contributed by atoms with Crippen LogP contribution in [0.3, 0.4) is 0 Å². The van der Waals surface area contributed by atoms with Crippen LogP contribution in [0.25, 0.3) is 0 Å². The molecule has 0 amide bonds. The zero-order valence-corrected chi connectivity index (χ0v) is 5.69. The van der Waals surface area contributed by atoms with Crippen molar-refractivity contribution in [3.63, 3.8) is 0 Å². The molecule has 3 N–H and O–H groups in total. The second kappa shape index (κ2) is 1.81. The van der Waals surface area contributed by atoms with Crippen LogP contribution >= 0.6 is 7.59 Å². The fourth-order valence-corrected chi connectivity index (χ4v) is 1.45. The first-order chi connectivity index (χ1) is 3.67. The van der Waals surface area contributed by atoms with Crippen LogP contribution in [0.4, 0.5) is 0 Å². The lowest BCUT2D eigenvalue weighted by Crippen LogP contribution is -2.16. The molecule has 1 atom stereocenters. The van der Waals surface area contributed by atoms with Crippen molar-refractivity contribution >= 4 is 7.59 Å². The lowest BCUT2D eigenvalue weighted by molar-refractivity contribution is 0.543. The lowest BCUT2D eigenvalue weighted by Gasteiger charge is -2.09. The Labute approximate surface area is 48.6 Å². The molecule has 1 aliphatic heterocycles. The molecule has 8 heavy (non-hydrogen) atoms. The number of nitrogens with zero attached hydrogens (tertiary/aromatic N) is 1. The van der Waals surface area contributed by atoms with Gasteiger partial charge in [-0.25, -0.2) is 9.76 Å². The molecule has 0 aromatic rings. The Kier molecular flexibility index (Phi) is 1.41. The molecule has 0 spiro atoms. The Morgan fingerprint density at radius 1 is 1.75 bits per heavy atom. The molecule has 1 fully saturated rings. The summed E-state index contributed by atoms with van der Waals surface area (Å²) in [5.74, 6) is 0. The first kappa shape index (κ1) is 6.23. The van der Waals surface area contributed by atoms with Crippen molar-refractivity contribution < 1.29 is 4.57 Å². The molecule has 5 heteroatoms. The minimum atomic E-state index is -2.55. The Morgan fingerprint density at radius 2 is 2.25 bits per heavy atom. The monoisotopic (exact) mass is 135 g/mol. The zero-order valence-electron chi connectivity index (χ0n) is 4.79. The molecule has 1 unspecified atom stereocenters. The average molecular weight is 135 g/mol. The van der Waals surface area contributed by atoms with Gasteiger partial charge in [0.1, 0.15) is 0 Å². The summed E-state index contributed by atoms with van der Waals surface area (Å²) in [6, 6.07) is 0. The van der Waals surface area contributed by atoms with Gasteiger partial charge in [-0.05, 0) is 7.05 Å². The van der Waals surface area contributed by atoms with E-state index in [1.54, 1.807) is 11.7 Å². The first-order valence-corrected chi connectivity index (χ1v) is 4.23. The molecule has 0 saturated carbocycles. The van der Waals surface area contributed by atoms with Gasteiger partial charge in [-0.15, -0.1) is 0 Å². The van der Waals surface area contributed by atoms with E-state index in [0.29, 0.717) is 0 Å². The number of hydrogen-bond acceptors (Lipinski definition) is 1. The van der Waals surface area contributed by atoms with E-state index in [2.05, 4.69) is 5.09 Å². The molecule has 0 radical (unpaired) electrons. The smallest absolute Gasteiger partial charge is 0.271 e. The highest BCUT2D eigenvalue weighted by Gasteiger charge is 2.32. The third kappa shape index (κ3) is 1.09. The zero-order chi connectivity index (χ0) is 6.20. The van der Waals surface area contributed by atoms with E-state index in [1.165, 1.54) is 0 Å². The van der Waals surface area contributed by atoms with Crippen molar-refractivity contribution in [2.24, 2.45) is 5.50 Å². The molecule has 48 valence electrons. The molecular formula is C3H10N3OP. The standard InChI is InChI=1S/C3H10N3OP/c1-5-8(4,7)6-2-3-6/h2-3H2,1H3,(H3,4,5,7). The normalized spacial score (nSPS) is 27.2. The predicted octanol–water partition coefficient (Wildman–Crippen LogP) is -0.412. The van der Waals surface area contributed by atoms with Crippen LogP contribution in [-0.4, -0.2) is 24.8 Å². The summed E-state index contributed by atoms with van der Waals surface area (Å²) in [6.07, 6.45) is 0. The molecule has 0 aliphatic carbocycles. The van der Waals surface area contributed by atoms with Crippen LogP contribution in [-0.2, 0) is 4.57 Å². The summed E-state index contributed by atoms with van der Waals surface area (Å²) < 4.78 is 12.7. The molecule has 0 aromatic carbocycles. The number of nitrogens with one attached hydrogen (secondary N) is 1. The van der Waals surface area contributed by atoms with Gasteiger partial charge in [0.2, 0.25) is 0 Å². The first-order valence-electron chi connectivity index (χ1n) is 2.50. The SMILES string of the molecule is CNP(N)(=O)N1CC1. The van der Waals surface area contributed by atoms with Gasteiger partial charge < -0.3 is 0 Å². The van der Waals surface area contributed by atoms with E-state index in [0.717, 1.165) is 13.1 Å². The van der Waals surface area contributed by atoms with Crippen molar-refractivity contribution in [2.75, 3.05) is 20.1 Å². The highest BCUT2D eigenvalue weighted by atomic mass is 31.2. The minimum Gasteiger partial charge on any atom is -0.271 e. The van der Waals surface area contributed by atoms with Crippen LogP contribution in [0.5, 0.6) is 0 Å². The lowest BCUT2D eigenvalue weighted by atomic mass is 11.0. The van der Waals surface area contributed by atoms with Gasteiger partial charge in [-0.1, -0.05) is 0 Å². The van der Waals surface area contributed by atoms with Crippen molar-refractivity contribution in [3.05, 3.63) is 0 Å². The van der Waals surface area contributed by atoms with Crippen molar-refractivity contribution in [2.45, 2.75) is 0 Å². The highest BCUT2D eigenvalue weighted by molar-refractivity contribution is 7.57. The molecule has 1 rings (SSSR count). The molecule has 4 nitrogen and oxygen atoms in total. The van der Waals surface area contributed by atoms with Crippen LogP contribution in [0, 0.1) is 0 Å². The minimum absolute atomic E-state index is 0.870. The van der Waals surface area contributed by atoms with Gasteiger partial charge in [-0.3, -0.25) is 10.1 Å². The van der Waals surface area contributed by atoms with Crippen LogP contribution in [0.2, 0.25) is 0 Å². The maximum absolute atomic E-state index is 10.9. The summed E-state index contributed by atoms with van der Waals surface area (Å²) in [5.41, 5.74) is 5.29. The summed E-state index contributed by atoms with van der Waals surface area (Å²) in [6.45, 7) is 1.74. The molecular weight excluding hydrogens is 125 g/mol. The summed E-state index contributed by atoms with van der Waals surface area (Å²) in [4.78, 5) is 0. The van der Waals surface area contributed by atoms with E-state index in [-0.39, 0.29) is 0 Å². The Hall–Kier alpha value is 0.110. The third-order valence-corrected chi connectivity index (χ3v) is 3.05. The highest BCUT2D eigenvalue weighted by Crippen LogP contribution is 2.40. The Balaban J connectivity index is 2.50. The van der Waals surface area contributed by atoms with E-state index >= 15 is 0 Å². The summed E-state index contributed by atoms with van der Waals surface area (Å²) >= 11 is 0. The van der Waals surface area contributed by atoms with Crippen molar-refractivity contribution in [1.82, 2.24) is 9.76 Å². The second-order valence-electron chi connectivity index (χ2n) is 1.80. The Morgan fingerprint density at radius 3 is 2.38 bits per heavy atom. The van der Waals surface area contributed by atoms with E-state index in [4.69, 9.17) is 5.50 Å². The van der Waals surface area contributed by atoms with Crippen LogP contribution in [0.15, 0.2) is 0 Å². The Bertz CT molecular complexity index is 132. The number of rotatable bonds is 2. The molecule has 1 heterocycles. The predicted molar refractivity (Wildman–Crippen MR) is 32.4 cm³/mol. The largest absolute Gasteiger partial charge is 0.278 e. The maximum Gasteiger partial charge on any atom is 0.278 e. The van der Waals surface area contributed by atoms with E-state index < -0.39 is 7.59 Å². The van der Waals surface area contributed by atoms with Crippen LogP contribution in [0.1, 0.15) is 0 Å². The van der Waals surface area contributed by atoms with Crippen molar-refractivity contribution in [3.8, 4) is 0 Å².